The van der Waals surface area contributed by atoms with Crippen molar-refractivity contribution in [3.05, 3.63) is 59.5 Å². The monoisotopic (exact) mass is 285 g/mol. The highest BCUT2D eigenvalue weighted by atomic mass is 35.5. The first-order chi connectivity index (χ1) is 9.74. The topological polar surface area (TPSA) is 57.8 Å². The number of halogens is 1. The van der Waals surface area contributed by atoms with E-state index in [1.165, 1.54) is 6.20 Å². The first-order valence-electron chi connectivity index (χ1n) is 6.18. The van der Waals surface area contributed by atoms with E-state index in [-0.39, 0.29) is 12.3 Å². The average Bonchev–Trinajstić information content (AvgIpc) is 2.85. The van der Waals surface area contributed by atoms with Crippen LogP contribution in [0.4, 0.5) is 5.69 Å². The molecule has 2 N–H and O–H groups in total. The summed E-state index contributed by atoms with van der Waals surface area (Å²) >= 11 is 5.98. The molecule has 0 aliphatic rings. The molecule has 100 valence electrons. The third kappa shape index (κ3) is 2.51. The van der Waals surface area contributed by atoms with Gasteiger partial charge in [0.2, 0.25) is 5.91 Å². The van der Waals surface area contributed by atoms with Crippen LogP contribution in [0.25, 0.3) is 10.9 Å². The van der Waals surface area contributed by atoms with Crippen LogP contribution in [0.5, 0.6) is 0 Å². The molecule has 5 heteroatoms. The first kappa shape index (κ1) is 12.7. The quantitative estimate of drug-likeness (QED) is 0.775. The molecule has 0 unspecified atom stereocenters. The van der Waals surface area contributed by atoms with Gasteiger partial charge in [0.25, 0.3) is 0 Å². The van der Waals surface area contributed by atoms with Gasteiger partial charge in [0, 0.05) is 23.3 Å². The molecule has 1 amide bonds. The van der Waals surface area contributed by atoms with Crippen molar-refractivity contribution in [1.29, 1.82) is 0 Å². The van der Waals surface area contributed by atoms with E-state index < -0.39 is 0 Å². The Hall–Kier alpha value is -2.33. The minimum absolute atomic E-state index is 0.121. The van der Waals surface area contributed by atoms with Gasteiger partial charge in [-0.1, -0.05) is 29.8 Å². The predicted octanol–water partition coefficient (Wildman–Crippen LogP) is 3.40. The second-order valence-corrected chi connectivity index (χ2v) is 4.85. The van der Waals surface area contributed by atoms with E-state index in [0.29, 0.717) is 10.7 Å². The number of nitrogens with one attached hydrogen (secondary N) is 2. The minimum atomic E-state index is -0.121. The molecular weight excluding hydrogens is 274 g/mol. The Morgan fingerprint density at radius 3 is 3.00 bits per heavy atom. The van der Waals surface area contributed by atoms with Crippen LogP contribution in [-0.4, -0.2) is 15.9 Å². The molecule has 4 nitrogen and oxygen atoms in total. The normalized spacial score (nSPS) is 10.7. The van der Waals surface area contributed by atoms with Gasteiger partial charge in [0.1, 0.15) is 0 Å². The molecule has 3 rings (SSSR count). The van der Waals surface area contributed by atoms with Crippen molar-refractivity contribution in [3.8, 4) is 0 Å². The summed E-state index contributed by atoms with van der Waals surface area (Å²) in [5.74, 6) is -0.121. The third-order valence-electron chi connectivity index (χ3n) is 3.07. The molecule has 0 bridgehead atoms. The fourth-order valence-corrected chi connectivity index (χ4v) is 2.27. The molecule has 0 saturated heterocycles. The number of para-hydroxylation sites is 1. The van der Waals surface area contributed by atoms with Crippen LogP contribution in [0, 0.1) is 0 Å². The van der Waals surface area contributed by atoms with Crippen molar-refractivity contribution in [1.82, 2.24) is 9.97 Å². The summed E-state index contributed by atoms with van der Waals surface area (Å²) in [5, 5.41) is 4.30. The maximum Gasteiger partial charge on any atom is 0.228 e. The van der Waals surface area contributed by atoms with Crippen molar-refractivity contribution >= 4 is 34.1 Å². The van der Waals surface area contributed by atoms with Crippen molar-refractivity contribution in [3.63, 3.8) is 0 Å². The number of rotatable bonds is 3. The summed E-state index contributed by atoms with van der Waals surface area (Å²) < 4.78 is 0. The number of aromatic amines is 1. The molecule has 0 atom stereocenters. The van der Waals surface area contributed by atoms with Gasteiger partial charge >= 0.3 is 0 Å². The number of hydrogen-bond donors (Lipinski definition) is 2. The van der Waals surface area contributed by atoms with Gasteiger partial charge in [-0.3, -0.25) is 9.78 Å². The van der Waals surface area contributed by atoms with E-state index in [2.05, 4.69) is 15.3 Å². The summed E-state index contributed by atoms with van der Waals surface area (Å²) in [7, 11) is 0. The summed E-state index contributed by atoms with van der Waals surface area (Å²) in [4.78, 5) is 19.2. The lowest BCUT2D eigenvalue weighted by molar-refractivity contribution is -0.115. The number of carbonyl (C=O) groups excluding carboxylic acids is 1. The molecular formula is C15H12ClN3O. The Morgan fingerprint density at radius 1 is 1.30 bits per heavy atom. The molecule has 0 fully saturated rings. The van der Waals surface area contributed by atoms with Gasteiger partial charge in [-0.2, -0.15) is 0 Å². The number of benzene rings is 1. The van der Waals surface area contributed by atoms with Gasteiger partial charge in [-0.15, -0.1) is 0 Å². The van der Waals surface area contributed by atoms with Gasteiger partial charge in [0.05, 0.1) is 23.3 Å². The molecule has 0 aliphatic carbocycles. The molecule has 0 radical (unpaired) electrons. The molecule has 20 heavy (non-hydrogen) atoms. The van der Waals surface area contributed by atoms with Crippen LogP contribution < -0.4 is 5.32 Å². The second kappa shape index (κ2) is 5.35. The number of anilines is 1. The number of amides is 1. The summed E-state index contributed by atoms with van der Waals surface area (Å²) in [6, 6.07) is 9.52. The van der Waals surface area contributed by atoms with E-state index in [9.17, 15) is 4.79 Å². The lowest BCUT2D eigenvalue weighted by Gasteiger charge is -2.05. The first-order valence-corrected chi connectivity index (χ1v) is 6.56. The van der Waals surface area contributed by atoms with Crippen LogP contribution in [-0.2, 0) is 11.2 Å². The van der Waals surface area contributed by atoms with E-state index >= 15 is 0 Å². The third-order valence-corrected chi connectivity index (χ3v) is 3.40. The van der Waals surface area contributed by atoms with Gasteiger partial charge in [0.15, 0.2) is 0 Å². The number of aromatic nitrogens is 2. The Labute approximate surface area is 120 Å². The number of fused-ring (bicyclic) bond motifs is 1. The predicted molar refractivity (Wildman–Crippen MR) is 79.9 cm³/mol. The van der Waals surface area contributed by atoms with Crippen molar-refractivity contribution < 1.29 is 4.79 Å². The maximum absolute atomic E-state index is 12.1. The Bertz CT molecular complexity index is 766. The SMILES string of the molecule is O=C(Cc1c[nH]c2ccccc12)Nc1cnccc1Cl. The molecule has 1 aromatic carbocycles. The van der Waals surface area contributed by atoms with Crippen LogP contribution in [0.1, 0.15) is 5.56 Å². The molecule has 0 aliphatic heterocycles. The Balaban J connectivity index is 1.78. The highest BCUT2D eigenvalue weighted by Crippen LogP contribution is 2.21. The van der Waals surface area contributed by atoms with Gasteiger partial charge in [-0.05, 0) is 17.7 Å². The summed E-state index contributed by atoms with van der Waals surface area (Å²) in [5.41, 5.74) is 2.51. The fraction of sp³-hybridized carbons (Fsp3) is 0.0667. The fourth-order valence-electron chi connectivity index (χ4n) is 2.11. The van der Waals surface area contributed by atoms with E-state index in [0.717, 1.165) is 16.5 Å². The molecule has 2 aromatic heterocycles. The number of pyridine rings is 1. The lowest BCUT2D eigenvalue weighted by Crippen LogP contribution is -2.14. The zero-order valence-corrected chi connectivity index (χ0v) is 11.3. The zero-order chi connectivity index (χ0) is 13.9. The largest absolute Gasteiger partial charge is 0.361 e. The number of nitrogens with zero attached hydrogens (tertiary/aromatic N) is 1. The number of carbonyl (C=O) groups is 1. The zero-order valence-electron chi connectivity index (χ0n) is 10.6. The van der Waals surface area contributed by atoms with Crippen LogP contribution in [0.15, 0.2) is 48.9 Å². The Kier molecular flexibility index (Phi) is 3.39. The maximum atomic E-state index is 12.1. The van der Waals surface area contributed by atoms with Crippen LogP contribution >= 0.6 is 11.6 Å². The van der Waals surface area contributed by atoms with E-state index in [1.807, 2.05) is 30.5 Å². The van der Waals surface area contributed by atoms with Crippen LogP contribution in [0.2, 0.25) is 5.02 Å². The van der Waals surface area contributed by atoms with E-state index in [4.69, 9.17) is 11.6 Å². The average molecular weight is 286 g/mol. The second-order valence-electron chi connectivity index (χ2n) is 4.44. The van der Waals surface area contributed by atoms with Gasteiger partial charge < -0.3 is 10.3 Å². The standard InChI is InChI=1S/C15H12ClN3O/c16-12-5-6-17-9-14(12)19-15(20)7-10-8-18-13-4-2-1-3-11(10)13/h1-6,8-9,18H,7H2,(H,19,20). The molecule has 3 aromatic rings. The number of H-pyrrole nitrogens is 1. The highest BCUT2D eigenvalue weighted by Gasteiger charge is 2.10. The molecule has 2 heterocycles. The van der Waals surface area contributed by atoms with Crippen LogP contribution in [0.3, 0.4) is 0 Å². The highest BCUT2D eigenvalue weighted by molar-refractivity contribution is 6.33. The van der Waals surface area contributed by atoms with Crippen molar-refractivity contribution in [2.45, 2.75) is 6.42 Å². The smallest absolute Gasteiger partial charge is 0.228 e. The van der Waals surface area contributed by atoms with E-state index in [1.54, 1.807) is 12.3 Å². The summed E-state index contributed by atoms with van der Waals surface area (Å²) in [6.45, 7) is 0. The minimum Gasteiger partial charge on any atom is -0.361 e. The molecule has 0 saturated carbocycles. The summed E-state index contributed by atoms with van der Waals surface area (Å²) in [6.07, 6.45) is 5.26. The van der Waals surface area contributed by atoms with Gasteiger partial charge in [-0.25, -0.2) is 0 Å². The Morgan fingerprint density at radius 2 is 2.15 bits per heavy atom. The van der Waals surface area contributed by atoms with Crippen molar-refractivity contribution in [2.24, 2.45) is 0 Å². The lowest BCUT2D eigenvalue weighted by atomic mass is 10.1. The number of hydrogen-bond acceptors (Lipinski definition) is 2. The van der Waals surface area contributed by atoms with Crippen molar-refractivity contribution in [2.75, 3.05) is 5.32 Å². The molecule has 0 spiro atoms.